The Bertz CT molecular complexity index is 484. The molecule has 2 N–H and O–H groups in total. The van der Waals surface area contributed by atoms with Crippen LogP contribution in [0.4, 0.5) is 5.69 Å². The van der Waals surface area contributed by atoms with Crippen molar-refractivity contribution in [2.24, 2.45) is 11.0 Å². The minimum atomic E-state index is -0.176. The lowest BCUT2D eigenvalue weighted by molar-refractivity contribution is -0.119. The van der Waals surface area contributed by atoms with Crippen LogP contribution in [-0.2, 0) is 4.79 Å². The maximum absolute atomic E-state index is 11.7. The molecule has 0 unspecified atom stereocenters. The fraction of sp³-hybridized carbons (Fsp3) is 0.500. The number of para-hydroxylation sites is 2. The number of amides is 1. The normalized spacial score (nSPS) is 11.4. The monoisotopic (exact) mass is 291 g/mol. The van der Waals surface area contributed by atoms with E-state index in [4.69, 9.17) is 4.74 Å². The molecule has 0 bridgehead atoms. The fourth-order valence-corrected chi connectivity index (χ4v) is 1.72. The first-order valence-electron chi connectivity index (χ1n) is 7.21. The van der Waals surface area contributed by atoms with Gasteiger partial charge in [-0.15, -0.1) is 0 Å². The SMILES string of the molecule is COc1ccccc1NCC(=O)NN=C(C)CCC(C)C. The second-order valence-electron chi connectivity index (χ2n) is 5.37. The first-order valence-corrected chi connectivity index (χ1v) is 7.21. The summed E-state index contributed by atoms with van der Waals surface area (Å²) < 4.78 is 5.21. The summed E-state index contributed by atoms with van der Waals surface area (Å²) in [5.74, 6) is 1.17. The maximum Gasteiger partial charge on any atom is 0.259 e. The molecule has 1 aromatic carbocycles. The molecular formula is C16H25N3O2. The van der Waals surface area contributed by atoms with E-state index in [1.165, 1.54) is 0 Å². The Labute approximate surface area is 126 Å². The second-order valence-corrected chi connectivity index (χ2v) is 5.37. The first-order chi connectivity index (χ1) is 10.0. The van der Waals surface area contributed by atoms with E-state index in [0.29, 0.717) is 11.7 Å². The zero-order valence-corrected chi connectivity index (χ0v) is 13.3. The summed E-state index contributed by atoms with van der Waals surface area (Å²) in [7, 11) is 1.60. The predicted octanol–water partition coefficient (Wildman–Crippen LogP) is 3.04. The number of carbonyl (C=O) groups excluding carboxylic acids is 1. The van der Waals surface area contributed by atoms with Crippen LogP contribution in [0.15, 0.2) is 29.4 Å². The second kappa shape index (κ2) is 9.00. The molecule has 1 aromatic rings. The van der Waals surface area contributed by atoms with Crippen LogP contribution in [-0.4, -0.2) is 25.3 Å². The summed E-state index contributed by atoms with van der Waals surface area (Å²) in [6.07, 6.45) is 1.97. The highest BCUT2D eigenvalue weighted by Gasteiger charge is 2.04. The highest BCUT2D eigenvalue weighted by atomic mass is 16.5. The molecule has 0 aliphatic heterocycles. The molecule has 21 heavy (non-hydrogen) atoms. The number of hydrazone groups is 1. The Hall–Kier alpha value is -2.04. The van der Waals surface area contributed by atoms with E-state index in [1.807, 2.05) is 31.2 Å². The van der Waals surface area contributed by atoms with Gasteiger partial charge < -0.3 is 10.1 Å². The molecular weight excluding hydrogens is 266 g/mol. The molecule has 1 rings (SSSR count). The van der Waals surface area contributed by atoms with Crippen LogP contribution in [0.2, 0.25) is 0 Å². The van der Waals surface area contributed by atoms with Gasteiger partial charge in [-0.2, -0.15) is 5.10 Å². The summed E-state index contributed by atoms with van der Waals surface area (Å²) in [6, 6.07) is 7.47. The van der Waals surface area contributed by atoms with Gasteiger partial charge in [0.05, 0.1) is 19.3 Å². The minimum Gasteiger partial charge on any atom is -0.495 e. The quantitative estimate of drug-likeness (QED) is 0.571. The van der Waals surface area contributed by atoms with Gasteiger partial charge in [-0.05, 0) is 37.8 Å². The number of ether oxygens (including phenoxy) is 1. The van der Waals surface area contributed by atoms with Crippen LogP contribution in [0.1, 0.15) is 33.6 Å². The lowest BCUT2D eigenvalue weighted by Gasteiger charge is -2.10. The summed E-state index contributed by atoms with van der Waals surface area (Å²) >= 11 is 0. The van der Waals surface area contributed by atoms with E-state index < -0.39 is 0 Å². The van der Waals surface area contributed by atoms with Crippen molar-refractivity contribution in [1.82, 2.24) is 5.43 Å². The topological polar surface area (TPSA) is 62.7 Å². The number of hydrogen-bond acceptors (Lipinski definition) is 4. The van der Waals surface area contributed by atoms with E-state index in [0.717, 1.165) is 24.2 Å². The Morgan fingerprint density at radius 1 is 1.33 bits per heavy atom. The molecule has 0 fully saturated rings. The summed E-state index contributed by atoms with van der Waals surface area (Å²) in [6.45, 7) is 6.42. The zero-order chi connectivity index (χ0) is 15.7. The van der Waals surface area contributed by atoms with Crippen LogP contribution >= 0.6 is 0 Å². The van der Waals surface area contributed by atoms with Crippen LogP contribution in [0.25, 0.3) is 0 Å². The lowest BCUT2D eigenvalue weighted by Crippen LogP contribution is -2.26. The number of nitrogens with one attached hydrogen (secondary N) is 2. The van der Waals surface area contributed by atoms with E-state index in [-0.39, 0.29) is 12.5 Å². The number of rotatable bonds is 8. The highest BCUT2D eigenvalue weighted by Crippen LogP contribution is 2.22. The molecule has 116 valence electrons. The molecule has 0 atom stereocenters. The van der Waals surface area contributed by atoms with Gasteiger partial charge >= 0.3 is 0 Å². The fourth-order valence-electron chi connectivity index (χ4n) is 1.72. The largest absolute Gasteiger partial charge is 0.495 e. The van der Waals surface area contributed by atoms with Crippen molar-refractivity contribution >= 4 is 17.3 Å². The zero-order valence-electron chi connectivity index (χ0n) is 13.3. The average molecular weight is 291 g/mol. The van der Waals surface area contributed by atoms with Gasteiger partial charge in [0, 0.05) is 5.71 Å². The van der Waals surface area contributed by atoms with Crippen LogP contribution in [0.3, 0.4) is 0 Å². The third-order valence-corrected chi connectivity index (χ3v) is 3.00. The molecule has 5 heteroatoms. The standard InChI is InChI=1S/C16H25N3O2/c1-12(2)9-10-13(3)18-19-16(20)11-17-14-7-5-6-8-15(14)21-4/h5-8,12,17H,9-11H2,1-4H3,(H,19,20). The Morgan fingerprint density at radius 2 is 2.05 bits per heavy atom. The number of hydrogen-bond donors (Lipinski definition) is 2. The Kier molecular flexibility index (Phi) is 7.29. The van der Waals surface area contributed by atoms with Crippen LogP contribution < -0.4 is 15.5 Å². The third-order valence-electron chi connectivity index (χ3n) is 3.00. The molecule has 0 spiro atoms. The van der Waals surface area contributed by atoms with Crippen molar-refractivity contribution in [3.8, 4) is 5.75 Å². The van der Waals surface area contributed by atoms with Crippen molar-refractivity contribution in [3.05, 3.63) is 24.3 Å². The average Bonchev–Trinajstić information content (AvgIpc) is 2.49. The lowest BCUT2D eigenvalue weighted by atomic mass is 10.1. The van der Waals surface area contributed by atoms with Gasteiger partial charge in [0.1, 0.15) is 5.75 Å². The molecule has 1 amide bonds. The summed E-state index contributed by atoms with van der Waals surface area (Å²) in [5.41, 5.74) is 4.29. The third kappa shape index (κ3) is 6.79. The van der Waals surface area contributed by atoms with Crippen LogP contribution in [0, 0.1) is 5.92 Å². The summed E-state index contributed by atoms with van der Waals surface area (Å²) in [4.78, 5) is 11.7. The highest BCUT2D eigenvalue weighted by molar-refractivity contribution is 5.86. The van der Waals surface area contributed by atoms with Crippen molar-refractivity contribution in [2.75, 3.05) is 19.0 Å². The van der Waals surface area contributed by atoms with E-state index in [2.05, 4.69) is 29.7 Å². The molecule has 0 saturated carbocycles. The van der Waals surface area contributed by atoms with Crippen molar-refractivity contribution < 1.29 is 9.53 Å². The van der Waals surface area contributed by atoms with E-state index >= 15 is 0 Å². The first kappa shape index (κ1) is 17.0. The molecule has 0 saturated heterocycles. The minimum absolute atomic E-state index is 0.154. The Balaban J connectivity index is 2.39. The van der Waals surface area contributed by atoms with Crippen molar-refractivity contribution in [1.29, 1.82) is 0 Å². The smallest absolute Gasteiger partial charge is 0.259 e. The molecule has 0 heterocycles. The van der Waals surface area contributed by atoms with Gasteiger partial charge in [-0.25, -0.2) is 5.43 Å². The van der Waals surface area contributed by atoms with E-state index in [9.17, 15) is 4.79 Å². The number of anilines is 1. The van der Waals surface area contributed by atoms with Gasteiger partial charge in [0.2, 0.25) is 0 Å². The number of benzene rings is 1. The van der Waals surface area contributed by atoms with Crippen molar-refractivity contribution in [3.63, 3.8) is 0 Å². The summed E-state index contributed by atoms with van der Waals surface area (Å²) in [5, 5.41) is 7.13. The number of methoxy groups -OCH3 is 1. The number of nitrogens with zero attached hydrogens (tertiary/aromatic N) is 1. The molecule has 0 radical (unpaired) electrons. The van der Waals surface area contributed by atoms with Gasteiger partial charge in [-0.3, -0.25) is 4.79 Å². The predicted molar refractivity (Wildman–Crippen MR) is 86.8 cm³/mol. The molecule has 5 nitrogen and oxygen atoms in total. The number of carbonyl (C=O) groups is 1. The molecule has 0 aliphatic rings. The van der Waals surface area contributed by atoms with Gasteiger partial charge in [0.15, 0.2) is 0 Å². The van der Waals surface area contributed by atoms with E-state index in [1.54, 1.807) is 7.11 Å². The molecule has 0 aromatic heterocycles. The molecule has 0 aliphatic carbocycles. The van der Waals surface area contributed by atoms with Crippen molar-refractivity contribution in [2.45, 2.75) is 33.6 Å². The Morgan fingerprint density at radius 3 is 2.71 bits per heavy atom. The van der Waals surface area contributed by atoms with Crippen LogP contribution in [0.5, 0.6) is 5.75 Å². The maximum atomic E-state index is 11.7. The van der Waals surface area contributed by atoms with Gasteiger partial charge in [0.25, 0.3) is 5.91 Å². The van der Waals surface area contributed by atoms with Gasteiger partial charge in [-0.1, -0.05) is 26.0 Å².